The Morgan fingerprint density at radius 1 is 1.38 bits per heavy atom. The van der Waals surface area contributed by atoms with Crippen LogP contribution < -0.4 is 0 Å². The largest absolute Gasteiger partial charge is 0.0847 e. The average Bonchev–Trinajstić information content (AvgIpc) is 1.77. The molecule has 0 amide bonds. The van der Waals surface area contributed by atoms with E-state index in [1.54, 1.807) is 0 Å². The maximum atomic E-state index is 2.48. The molecular formula is C7H11I. The molecule has 0 spiro atoms. The summed E-state index contributed by atoms with van der Waals surface area (Å²) in [5.41, 5.74) is 0. The normalized spacial score (nSPS) is 37.8. The summed E-state index contributed by atoms with van der Waals surface area (Å²) < 4.78 is 0.809. The minimum absolute atomic E-state index is 0.809. The minimum Gasteiger partial charge on any atom is -0.0847 e. The molecule has 0 aromatic heterocycles. The smallest absolute Gasteiger partial charge is 0.0289 e. The summed E-state index contributed by atoms with van der Waals surface area (Å²) in [4.78, 5) is 0. The Kier molecular flexibility index (Phi) is 2.35. The van der Waals surface area contributed by atoms with Crippen molar-refractivity contribution in [2.45, 2.75) is 23.7 Å². The third kappa shape index (κ3) is 1.77. The Balaban J connectivity index is 2.42. The zero-order chi connectivity index (χ0) is 5.98. The predicted molar refractivity (Wildman–Crippen MR) is 45.3 cm³/mol. The van der Waals surface area contributed by atoms with E-state index in [-0.39, 0.29) is 0 Å². The highest BCUT2D eigenvalue weighted by Crippen LogP contribution is 2.21. The second-order valence-corrected chi connectivity index (χ2v) is 4.06. The molecule has 8 heavy (non-hydrogen) atoms. The molecule has 0 saturated carbocycles. The highest BCUT2D eigenvalue weighted by atomic mass is 127. The lowest BCUT2D eigenvalue weighted by atomic mass is 9.98. The van der Waals surface area contributed by atoms with E-state index >= 15 is 0 Å². The van der Waals surface area contributed by atoms with E-state index in [0.717, 1.165) is 9.84 Å². The van der Waals surface area contributed by atoms with E-state index in [2.05, 4.69) is 41.7 Å². The fourth-order valence-electron chi connectivity index (χ4n) is 0.925. The molecule has 46 valence electrons. The van der Waals surface area contributed by atoms with Gasteiger partial charge in [-0.05, 0) is 18.8 Å². The van der Waals surface area contributed by atoms with Crippen LogP contribution >= 0.6 is 22.6 Å². The summed E-state index contributed by atoms with van der Waals surface area (Å²) >= 11 is 2.48. The SMILES string of the molecule is CC1C=CC(I)CC1. The van der Waals surface area contributed by atoms with Gasteiger partial charge in [-0.1, -0.05) is 41.7 Å². The average molecular weight is 222 g/mol. The van der Waals surface area contributed by atoms with Crippen LogP contribution in [0.5, 0.6) is 0 Å². The van der Waals surface area contributed by atoms with E-state index in [9.17, 15) is 0 Å². The van der Waals surface area contributed by atoms with Gasteiger partial charge in [0.05, 0.1) is 0 Å². The summed E-state index contributed by atoms with van der Waals surface area (Å²) in [6.07, 6.45) is 7.39. The molecule has 1 aliphatic rings. The second kappa shape index (κ2) is 2.85. The fraction of sp³-hybridized carbons (Fsp3) is 0.714. The highest BCUT2D eigenvalue weighted by molar-refractivity contribution is 14.1. The van der Waals surface area contributed by atoms with Crippen LogP contribution in [0.15, 0.2) is 12.2 Å². The first-order chi connectivity index (χ1) is 3.79. The Morgan fingerprint density at radius 2 is 2.12 bits per heavy atom. The van der Waals surface area contributed by atoms with Gasteiger partial charge < -0.3 is 0 Å². The first-order valence-electron chi connectivity index (χ1n) is 3.11. The summed E-state index contributed by atoms with van der Waals surface area (Å²) in [6, 6.07) is 0. The van der Waals surface area contributed by atoms with Gasteiger partial charge in [-0.3, -0.25) is 0 Å². The third-order valence-corrected chi connectivity index (χ3v) is 2.58. The molecule has 0 bridgehead atoms. The second-order valence-electron chi connectivity index (χ2n) is 2.46. The monoisotopic (exact) mass is 222 g/mol. The maximum absolute atomic E-state index is 2.48. The lowest BCUT2D eigenvalue weighted by Gasteiger charge is -2.14. The van der Waals surface area contributed by atoms with Crippen molar-refractivity contribution in [2.75, 3.05) is 0 Å². The lowest BCUT2D eigenvalue weighted by Crippen LogP contribution is -2.03. The number of alkyl halides is 1. The van der Waals surface area contributed by atoms with Gasteiger partial charge in [-0.25, -0.2) is 0 Å². The van der Waals surface area contributed by atoms with Crippen molar-refractivity contribution in [1.82, 2.24) is 0 Å². The van der Waals surface area contributed by atoms with Crippen LogP contribution in [0.25, 0.3) is 0 Å². The molecule has 2 atom stereocenters. The van der Waals surface area contributed by atoms with Gasteiger partial charge in [0.25, 0.3) is 0 Å². The number of hydrogen-bond acceptors (Lipinski definition) is 0. The highest BCUT2D eigenvalue weighted by Gasteiger charge is 2.07. The first kappa shape index (κ1) is 6.59. The van der Waals surface area contributed by atoms with Gasteiger partial charge in [0, 0.05) is 3.92 Å². The van der Waals surface area contributed by atoms with E-state index in [4.69, 9.17) is 0 Å². The van der Waals surface area contributed by atoms with Crippen LogP contribution in [0.2, 0.25) is 0 Å². The summed E-state index contributed by atoms with van der Waals surface area (Å²) in [5.74, 6) is 0.834. The fourth-order valence-corrected chi connectivity index (χ4v) is 1.52. The lowest BCUT2D eigenvalue weighted by molar-refractivity contribution is 0.597. The summed E-state index contributed by atoms with van der Waals surface area (Å²) in [6.45, 7) is 2.28. The Morgan fingerprint density at radius 3 is 2.50 bits per heavy atom. The molecule has 0 saturated heterocycles. The maximum Gasteiger partial charge on any atom is 0.0289 e. The molecule has 0 N–H and O–H groups in total. The zero-order valence-electron chi connectivity index (χ0n) is 5.10. The summed E-state index contributed by atoms with van der Waals surface area (Å²) in [7, 11) is 0. The van der Waals surface area contributed by atoms with Crippen molar-refractivity contribution in [1.29, 1.82) is 0 Å². The number of halogens is 1. The van der Waals surface area contributed by atoms with Crippen LogP contribution in [0, 0.1) is 5.92 Å². The van der Waals surface area contributed by atoms with Crippen molar-refractivity contribution >= 4 is 22.6 Å². The van der Waals surface area contributed by atoms with Gasteiger partial charge in [0.15, 0.2) is 0 Å². The molecule has 1 rings (SSSR count). The van der Waals surface area contributed by atoms with Gasteiger partial charge in [0.1, 0.15) is 0 Å². The molecule has 0 radical (unpaired) electrons. The van der Waals surface area contributed by atoms with Gasteiger partial charge in [0.2, 0.25) is 0 Å². The molecule has 1 aliphatic carbocycles. The predicted octanol–water partition coefficient (Wildman–Crippen LogP) is 2.78. The van der Waals surface area contributed by atoms with E-state index in [0.29, 0.717) is 0 Å². The quantitative estimate of drug-likeness (QED) is 0.336. The number of rotatable bonds is 0. The van der Waals surface area contributed by atoms with Crippen molar-refractivity contribution < 1.29 is 0 Å². The molecule has 0 aromatic rings. The standard InChI is InChI=1S/C7H11I/c1-6-2-4-7(8)5-3-6/h2,4,6-7H,3,5H2,1H3. The molecule has 0 fully saturated rings. The minimum atomic E-state index is 0.809. The third-order valence-electron chi connectivity index (χ3n) is 1.55. The van der Waals surface area contributed by atoms with Crippen LogP contribution in [0.1, 0.15) is 19.8 Å². The molecule has 0 aliphatic heterocycles. The Bertz CT molecular complexity index is 84.6. The van der Waals surface area contributed by atoms with Crippen molar-refractivity contribution in [3.8, 4) is 0 Å². The van der Waals surface area contributed by atoms with Gasteiger partial charge in [-0.2, -0.15) is 0 Å². The van der Waals surface area contributed by atoms with Crippen molar-refractivity contribution in [3.63, 3.8) is 0 Å². The van der Waals surface area contributed by atoms with Crippen LogP contribution in [-0.2, 0) is 0 Å². The molecule has 2 unspecified atom stereocenters. The zero-order valence-corrected chi connectivity index (χ0v) is 7.26. The molecular weight excluding hydrogens is 211 g/mol. The van der Waals surface area contributed by atoms with Crippen molar-refractivity contribution in [3.05, 3.63) is 12.2 Å². The van der Waals surface area contributed by atoms with Crippen LogP contribution in [0.4, 0.5) is 0 Å². The van der Waals surface area contributed by atoms with Crippen LogP contribution in [-0.4, -0.2) is 3.92 Å². The topological polar surface area (TPSA) is 0 Å². The van der Waals surface area contributed by atoms with E-state index in [1.165, 1.54) is 12.8 Å². The van der Waals surface area contributed by atoms with Crippen molar-refractivity contribution in [2.24, 2.45) is 5.92 Å². The number of allylic oxidation sites excluding steroid dienone is 2. The molecule has 1 heteroatoms. The number of hydrogen-bond donors (Lipinski definition) is 0. The first-order valence-corrected chi connectivity index (χ1v) is 4.36. The van der Waals surface area contributed by atoms with Crippen LogP contribution in [0.3, 0.4) is 0 Å². The summed E-state index contributed by atoms with van der Waals surface area (Å²) in [5, 5.41) is 0. The van der Waals surface area contributed by atoms with E-state index in [1.807, 2.05) is 0 Å². The van der Waals surface area contributed by atoms with E-state index < -0.39 is 0 Å². The van der Waals surface area contributed by atoms with Gasteiger partial charge >= 0.3 is 0 Å². The Labute approximate surface area is 64.5 Å². The molecule has 0 aromatic carbocycles. The Hall–Kier alpha value is 0.470. The molecule has 0 heterocycles. The van der Waals surface area contributed by atoms with Gasteiger partial charge in [-0.15, -0.1) is 0 Å². The molecule has 0 nitrogen and oxygen atoms in total.